The van der Waals surface area contributed by atoms with Gasteiger partial charge in [-0.15, -0.1) is 0 Å². The molecule has 0 spiro atoms. The molecule has 2 aromatic rings. The van der Waals surface area contributed by atoms with E-state index in [4.69, 9.17) is 4.74 Å². The number of hydrogen-bond acceptors (Lipinski definition) is 5. The molecule has 0 bridgehead atoms. The Bertz CT molecular complexity index is 779. The molecule has 0 radical (unpaired) electrons. The Morgan fingerprint density at radius 1 is 1.11 bits per heavy atom. The van der Waals surface area contributed by atoms with Gasteiger partial charge in [-0.05, 0) is 56.0 Å². The van der Waals surface area contributed by atoms with E-state index in [-0.39, 0.29) is 0 Å². The maximum atomic E-state index is 12.3. The maximum absolute atomic E-state index is 12.3. The van der Waals surface area contributed by atoms with Crippen LogP contribution in [0.3, 0.4) is 0 Å². The molecule has 0 aliphatic heterocycles. The van der Waals surface area contributed by atoms with E-state index in [1.165, 1.54) is 12.8 Å². The molecule has 0 aliphatic carbocycles. The first-order chi connectivity index (χ1) is 13.0. The van der Waals surface area contributed by atoms with Crippen LogP contribution >= 0.6 is 0 Å². The lowest BCUT2D eigenvalue weighted by Gasteiger charge is -2.18. The first-order valence-corrected chi connectivity index (χ1v) is 9.57. The van der Waals surface area contributed by atoms with Crippen molar-refractivity contribution in [3.8, 4) is 23.2 Å². The summed E-state index contributed by atoms with van der Waals surface area (Å²) in [4.78, 5) is 21.2. The molecule has 142 valence electrons. The summed E-state index contributed by atoms with van der Waals surface area (Å²) in [5, 5.41) is 9.28. The summed E-state index contributed by atoms with van der Waals surface area (Å²) in [5.74, 6) is 0.532. The highest BCUT2D eigenvalue weighted by atomic mass is 16.5. The Labute approximate surface area is 161 Å². The van der Waals surface area contributed by atoms with Crippen molar-refractivity contribution in [2.45, 2.75) is 59.3 Å². The Morgan fingerprint density at radius 2 is 1.78 bits per heavy atom. The van der Waals surface area contributed by atoms with Gasteiger partial charge in [0.25, 0.3) is 0 Å². The van der Waals surface area contributed by atoms with Crippen LogP contribution in [0, 0.1) is 16.7 Å². The second kappa shape index (κ2) is 9.82. The average molecular weight is 365 g/mol. The van der Waals surface area contributed by atoms with E-state index in [9.17, 15) is 10.1 Å². The molecule has 1 aromatic carbocycles. The molecule has 1 heterocycles. The summed E-state index contributed by atoms with van der Waals surface area (Å²) in [6.07, 6.45) is 9.51. The number of aryl methyl sites for hydroxylation is 1. The van der Waals surface area contributed by atoms with Gasteiger partial charge in [-0.25, -0.2) is 14.8 Å². The molecule has 5 nitrogen and oxygen atoms in total. The number of benzene rings is 1. The average Bonchev–Trinajstić information content (AvgIpc) is 2.69. The monoisotopic (exact) mass is 365 g/mol. The van der Waals surface area contributed by atoms with Crippen LogP contribution < -0.4 is 4.74 Å². The van der Waals surface area contributed by atoms with E-state index in [1.807, 2.05) is 31.5 Å². The lowest BCUT2D eigenvalue weighted by molar-refractivity contribution is -0.142. The van der Waals surface area contributed by atoms with Gasteiger partial charge in [0.05, 0.1) is 6.07 Å². The van der Waals surface area contributed by atoms with Crippen molar-refractivity contribution in [1.29, 1.82) is 5.26 Å². The summed E-state index contributed by atoms with van der Waals surface area (Å²) < 4.78 is 5.39. The number of nitriles is 1. The van der Waals surface area contributed by atoms with Gasteiger partial charge in [0.1, 0.15) is 5.75 Å². The zero-order valence-corrected chi connectivity index (χ0v) is 16.4. The maximum Gasteiger partial charge on any atom is 0.331 e. The summed E-state index contributed by atoms with van der Waals surface area (Å²) in [7, 11) is 0. The lowest BCUT2D eigenvalue weighted by Crippen LogP contribution is -2.30. The molecular formula is C22H27N3O2. The standard InChI is InChI=1S/C22H27N3O2/c1-4-6-7-8-17-14-24-20(25-15-17)18-9-11-19(12-10-18)27-21(26)22(3,16-23)13-5-2/h9-12,14-15H,4-8,13H2,1-3H3. The van der Waals surface area contributed by atoms with Crippen molar-refractivity contribution in [1.82, 2.24) is 9.97 Å². The molecule has 0 saturated carbocycles. The Kier molecular flexibility index (Phi) is 7.48. The van der Waals surface area contributed by atoms with Crippen LogP contribution in [-0.4, -0.2) is 15.9 Å². The van der Waals surface area contributed by atoms with E-state index in [0.29, 0.717) is 18.0 Å². The number of esters is 1. The Hall–Kier alpha value is -2.74. The van der Waals surface area contributed by atoms with Crippen molar-refractivity contribution in [2.75, 3.05) is 0 Å². The summed E-state index contributed by atoms with van der Waals surface area (Å²) in [6.45, 7) is 5.74. The van der Waals surface area contributed by atoms with E-state index in [2.05, 4.69) is 23.0 Å². The first-order valence-electron chi connectivity index (χ1n) is 9.57. The van der Waals surface area contributed by atoms with E-state index >= 15 is 0 Å². The Morgan fingerprint density at radius 3 is 2.33 bits per heavy atom. The third kappa shape index (κ3) is 5.62. The summed E-state index contributed by atoms with van der Waals surface area (Å²) >= 11 is 0. The fraction of sp³-hybridized carbons (Fsp3) is 0.455. The van der Waals surface area contributed by atoms with Crippen molar-refractivity contribution in [3.63, 3.8) is 0 Å². The molecular weight excluding hydrogens is 338 g/mol. The van der Waals surface area contributed by atoms with Gasteiger partial charge >= 0.3 is 5.97 Å². The molecule has 0 N–H and O–H groups in total. The van der Waals surface area contributed by atoms with Crippen molar-refractivity contribution in [3.05, 3.63) is 42.2 Å². The number of hydrogen-bond donors (Lipinski definition) is 0. The van der Waals surface area contributed by atoms with Crippen LogP contribution in [0.25, 0.3) is 11.4 Å². The predicted octanol–water partition coefficient (Wildman–Crippen LogP) is 5.11. The minimum Gasteiger partial charge on any atom is -0.425 e. The highest BCUT2D eigenvalue weighted by molar-refractivity contribution is 5.81. The first kappa shape index (κ1) is 20.6. The fourth-order valence-corrected chi connectivity index (χ4v) is 2.81. The van der Waals surface area contributed by atoms with E-state index in [0.717, 1.165) is 30.4 Å². The van der Waals surface area contributed by atoms with Crippen LogP contribution in [0.2, 0.25) is 0 Å². The van der Waals surface area contributed by atoms with Gasteiger partial charge in [0.15, 0.2) is 11.2 Å². The second-order valence-electron chi connectivity index (χ2n) is 6.98. The number of unbranched alkanes of at least 4 members (excludes halogenated alkanes) is 2. The van der Waals surface area contributed by atoms with E-state index < -0.39 is 11.4 Å². The van der Waals surface area contributed by atoms with Gasteiger partial charge in [0.2, 0.25) is 0 Å². The van der Waals surface area contributed by atoms with Crippen LogP contribution in [-0.2, 0) is 11.2 Å². The molecule has 1 atom stereocenters. The third-order valence-corrected chi connectivity index (χ3v) is 4.54. The topological polar surface area (TPSA) is 75.9 Å². The number of ether oxygens (including phenoxy) is 1. The van der Waals surface area contributed by atoms with Gasteiger partial charge in [-0.1, -0.05) is 33.1 Å². The fourth-order valence-electron chi connectivity index (χ4n) is 2.81. The molecule has 2 rings (SSSR count). The molecule has 5 heteroatoms. The van der Waals surface area contributed by atoms with Gasteiger partial charge < -0.3 is 4.74 Å². The summed E-state index contributed by atoms with van der Waals surface area (Å²) in [6, 6.07) is 9.11. The number of nitrogens with zero attached hydrogens (tertiary/aromatic N) is 3. The van der Waals surface area contributed by atoms with Crippen LogP contribution in [0.5, 0.6) is 5.75 Å². The molecule has 0 fully saturated rings. The van der Waals surface area contributed by atoms with Crippen molar-refractivity contribution in [2.24, 2.45) is 5.41 Å². The quantitative estimate of drug-likeness (QED) is 0.350. The number of carbonyl (C=O) groups excluding carboxylic acids is 1. The second-order valence-corrected chi connectivity index (χ2v) is 6.98. The highest BCUT2D eigenvalue weighted by Gasteiger charge is 2.34. The smallest absolute Gasteiger partial charge is 0.331 e. The van der Waals surface area contributed by atoms with Crippen molar-refractivity contribution >= 4 is 5.97 Å². The largest absolute Gasteiger partial charge is 0.425 e. The van der Waals surface area contributed by atoms with Crippen LogP contribution in [0.4, 0.5) is 0 Å². The van der Waals surface area contributed by atoms with Crippen LogP contribution in [0.15, 0.2) is 36.7 Å². The number of aromatic nitrogens is 2. The third-order valence-electron chi connectivity index (χ3n) is 4.54. The minimum absolute atomic E-state index is 0.414. The van der Waals surface area contributed by atoms with Gasteiger partial charge in [-0.3, -0.25) is 0 Å². The number of carbonyl (C=O) groups is 1. The van der Waals surface area contributed by atoms with E-state index in [1.54, 1.807) is 19.1 Å². The van der Waals surface area contributed by atoms with Crippen molar-refractivity contribution < 1.29 is 9.53 Å². The lowest BCUT2D eigenvalue weighted by atomic mass is 9.87. The zero-order valence-electron chi connectivity index (χ0n) is 16.4. The summed E-state index contributed by atoms with van der Waals surface area (Å²) in [5.41, 5.74) is 0.875. The predicted molar refractivity (Wildman–Crippen MR) is 105 cm³/mol. The Balaban J connectivity index is 2.02. The molecule has 0 saturated heterocycles. The molecule has 1 aromatic heterocycles. The minimum atomic E-state index is -1.12. The normalized spacial score (nSPS) is 12.8. The number of rotatable bonds is 9. The van der Waals surface area contributed by atoms with Crippen LogP contribution in [0.1, 0.15) is 58.4 Å². The molecule has 27 heavy (non-hydrogen) atoms. The molecule has 0 amide bonds. The molecule has 0 aliphatic rings. The highest BCUT2D eigenvalue weighted by Crippen LogP contribution is 2.26. The zero-order chi connectivity index (χ0) is 19.7. The molecule has 1 unspecified atom stereocenters. The van der Waals surface area contributed by atoms with Gasteiger partial charge in [0, 0.05) is 18.0 Å². The SMILES string of the molecule is CCCCCc1cnc(-c2ccc(OC(=O)C(C)(C#N)CCC)cc2)nc1. The van der Waals surface area contributed by atoms with Gasteiger partial charge in [-0.2, -0.15) is 5.26 Å².